The van der Waals surface area contributed by atoms with E-state index in [1.165, 1.54) is 12.1 Å². The number of alkyl halides is 2. The van der Waals surface area contributed by atoms with Crippen molar-refractivity contribution in [2.75, 3.05) is 19.7 Å². The van der Waals surface area contributed by atoms with E-state index < -0.39 is 18.5 Å². The summed E-state index contributed by atoms with van der Waals surface area (Å²) in [5.74, 6) is -0.860. The Hall–Kier alpha value is -2.04. The fourth-order valence-corrected chi connectivity index (χ4v) is 5.18. The molecule has 0 bridgehead atoms. The average Bonchev–Trinajstić information content (AvgIpc) is 2.77. The highest BCUT2D eigenvalue weighted by Crippen LogP contribution is 2.57. The molecule has 5 unspecified atom stereocenters. The van der Waals surface area contributed by atoms with Crippen molar-refractivity contribution in [3.8, 4) is 5.75 Å². The molecule has 1 aromatic carbocycles. The standard InChI is InChI=1S/C22H27ClF3N3O4/c23-17-4-3-13(7-18(17)24)32-11-19(30)29-22-6-5-16(22)15(8-22)20(31)28-9-12-1-2-14(10-27-12)33-21(25)26/h3-4,7,12,14-16,21,27H,1-2,5-6,8-11H2,(H,28,31)(H,29,30). The number of fused-ring (bicyclic) bond motifs is 1. The summed E-state index contributed by atoms with van der Waals surface area (Å²) in [6.45, 7) is -2.27. The molecule has 2 saturated carbocycles. The highest BCUT2D eigenvalue weighted by molar-refractivity contribution is 6.30. The van der Waals surface area contributed by atoms with Gasteiger partial charge in [0, 0.05) is 36.7 Å². The number of amides is 2. The first kappa shape index (κ1) is 24.1. The Morgan fingerprint density at radius 1 is 1.27 bits per heavy atom. The van der Waals surface area contributed by atoms with Crippen LogP contribution in [0.4, 0.5) is 13.2 Å². The third kappa shape index (κ3) is 5.55. The molecule has 2 aliphatic carbocycles. The van der Waals surface area contributed by atoms with Crippen LogP contribution in [-0.2, 0) is 14.3 Å². The van der Waals surface area contributed by atoms with E-state index in [0.717, 1.165) is 18.9 Å². The summed E-state index contributed by atoms with van der Waals surface area (Å²) < 4.78 is 47.9. The Kier molecular flexibility index (Phi) is 7.35. The molecule has 1 saturated heterocycles. The van der Waals surface area contributed by atoms with E-state index >= 15 is 0 Å². The second-order valence-electron chi connectivity index (χ2n) is 8.97. The van der Waals surface area contributed by atoms with E-state index in [2.05, 4.69) is 20.7 Å². The van der Waals surface area contributed by atoms with Gasteiger partial charge in [-0.15, -0.1) is 0 Å². The molecule has 11 heteroatoms. The summed E-state index contributed by atoms with van der Waals surface area (Å²) >= 11 is 5.63. The minimum atomic E-state index is -2.78. The Bertz CT molecular complexity index is 884. The van der Waals surface area contributed by atoms with Crippen LogP contribution in [0.5, 0.6) is 5.75 Å². The van der Waals surface area contributed by atoms with Crippen molar-refractivity contribution in [1.29, 1.82) is 0 Å². The molecule has 2 amide bonds. The molecule has 0 spiro atoms. The Balaban J connectivity index is 1.16. The maximum absolute atomic E-state index is 13.5. The van der Waals surface area contributed by atoms with Crippen LogP contribution in [0.15, 0.2) is 18.2 Å². The molecule has 3 N–H and O–H groups in total. The molecule has 0 aromatic heterocycles. The lowest BCUT2D eigenvalue weighted by atomic mass is 9.47. The molecule has 1 heterocycles. The number of hydrogen-bond acceptors (Lipinski definition) is 5. The van der Waals surface area contributed by atoms with Gasteiger partial charge in [0.15, 0.2) is 6.61 Å². The van der Waals surface area contributed by atoms with Gasteiger partial charge in [-0.05, 0) is 50.2 Å². The van der Waals surface area contributed by atoms with Crippen molar-refractivity contribution in [2.45, 2.75) is 56.4 Å². The van der Waals surface area contributed by atoms with E-state index in [1.807, 2.05) is 0 Å². The maximum Gasteiger partial charge on any atom is 0.345 e. The van der Waals surface area contributed by atoms with Crippen LogP contribution in [0.1, 0.15) is 32.1 Å². The van der Waals surface area contributed by atoms with E-state index in [1.54, 1.807) is 0 Å². The predicted octanol–water partition coefficient (Wildman–Crippen LogP) is 2.62. The Labute approximate surface area is 194 Å². The Morgan fingerprint density at radius 3 is 2.70 bits per heavy atom. The molecule has 3 aliphatic rings. The summed E-state index contributed by atoms with van der Waals surface area (Å²) in [4.78, 5) is 25.0. The fourth-order valence-electron chi connectivity index (χ4n) is 5.06. The average molecular weight is 490 g/mol. The third-order valence-electron chi connectivity index (χ3n) is 6.96. The zero-order valence-electron chi connectivity index (χ0n) is 17.9. The number of piperidine rings is 1. The summed E-state index contributed by atoms with van der Waals surface area (Å²) in [6.07, 6.45) is 2.87. The normalized spacial score (nSPS) is 30.6. The molecular formula is C22H27ClF3N3O4. The van der Waals surface area contributed by atoms with Gasteiger partial charge in [-0.3, -0.25) is 9.59 Å². The molecule has 1 aliphatic heterocycles. The third-order valence-corrected chi connectivity index (χ3v) is 7.26. The van der Waals surface area contributed by atoms with Gasteiger partial charge in [0.2, 0.25) is 5.91 Å². The van der Waals surface area contributed by atoms with Gasteiger partial charge in [0.05, 0.1) is 11.1 Å². The number of rotatable bonds is 9. The molecular weight excluding hydrogens is 463 g/mol. The minimum absolute atomic E-state index is 0.0206. The van der Waals surface area contributed by atoms with E-state index in [0.29, 0.717) is 32.4 Å². The van der Waals surface area contributed by atoms with Crippen LogP contribution in [0, 0.1) is 17.7 Å². The van der Waals surface area contributed by atoms with Gasteiger partial charge >= 0.3 is 6.61 Å². The van der Waals surface area contributed by atoms with Gasteiger partial charge < -0.3 is 25.4 Å². The van der Waals surface area contributed by atoms with Crippen molar-refractivity contribution in [3.05, 3.63) is 29.0 Å². The summed E-state index contributed by atoms with van der Waals surface area (Å²) in [7, 11) is 0. The van der Waals surface area contributed by atoms with Gasteiger partial charge in [-0.25, -0.2) is 4.39 Å². The van der Waals surface area contributed by atoms with E-state index in [9.17, 15) is 22.8 Å². The Morgan fingerprint density at radius 2 is 2.09 bits per heavy atom. The number of ether oxygens (including phenoxy) is 2. The van der Waals surface area contributed by atoms with Gasteiger partial charge in [-0.1, -0.05) is 11.6 Å². The highest BCUT2D eigenvalue weighted by Gasteiger charge is 2.62. The van der Waals surface area contributed by atoms with Crippen LogP contribution in [0.25, 0.3) is 0 Å². The quantitative estimate of drug-likeness (QED) is 0.496. The van der Waals surface area contributed by atoms with Crippen LogP contribution in [0.2, 0.25) is 5.02 Å². The number of benzene rings is 1. The van der Waals surface area contributed by atoms with E-state index in [4.69, 9.17) is 16.3 Å². The fraction of sp³-hybridized carbons (Fsp3) is 0.636. The molecule has 1 aromatic rings. The summed E-state index contributed by atoms with van der Waals surface area (Å²) in [5, 5.41) is 9.04. The lowest BCUT2D eigenvalue weighted by Crippen LogP contribution is -2.73. The van der Waals surface area contributed by atoms with Crippen LogP contribution in [0.3, 0.4) is 0 Å². The first-order valence-corrected chi connectivity index (χ1v) is 11.5. The molecule has 5 atom stereocenters. The van der Waals surface area contributed by atoms with Crippen LogP contribution < -0.4 is 20.7 Å². The van der Waals surface area contributed by atoms with Gasteiger partial charge in [0.25, 0.3) is 5.91 Å². The first-order chi connectivity index (χ1) is 15.8. The molecule has 4 rings (SSSR count). The van der Waals surface area contributed by atoms with Crippen molar-refractivity contribution in [1.82, 2.24) is 16.0 Å². The van der Waals surface area contributed by atoms with Crippen molar-refractivity contribution in [3.63, 3.8) is 0 Å². The lowest BCUT2D eigenvalue weighted by molar-refractivity contribution is -0.167. The first-order valence-electron chi connectivity index (χ1n) is 11.1. The van der Waals surface area contributed by atoms with Crippen molar-refractivity contribution in [2.24, 2.45) is 11.8 Å². The SMILES string of the molecule is O=C(COc1ccc(Cl)c(F)c1)NC12CCC1C(C(=O)NCC1CCC(OC(F)F)CN1)C2. The second kappa shape index (κ2) is 10.1. The summed E-state index contributed by atoms with van der Waals surface area (Å²) in [5.41, 5.74) is -0.378. The zero-order valence-corrected chi connectivity index (χ0v) is 18.7. The summed E-state index contributed by atoms with van der Waals surface area (Å²) in [6, 6.07) is 3.99. The highest BCUT2D eigenvalue weighted by atomic mass is 35.5. The molecule has 33 heavy (non-hydrogen) atoms. The topological polar surface area (TPSA) is 88.7 Å². The van der Waals surface area contributed by atoms with Crippen molar-refractivity contribution >= 4 is 23.4 Å². The number of carbonyl (C=O) groups excluding carboxylic acids is 2. The molecule has 7 nitrogen and oxygen atoms in total. The number of carbonyl (C=O) groups is 2. The van der Waals surface area contributed by atoms with Crippen molar-refractivity contribution < 1.29 is 32.2 Å². The molecule has 3 fully saturated rings. The largest absolute Gasteiger partial charge is 0.484 e. The maximum atomic E-state index is 13.5. The predicted molar refractivity (Wildman–Crippen MR) is 114 cm³/mol. The smallest absolute Gasteiger partial charge is 0.345 e. The van der Waals surface area contributed by atoms with Gasteiger partial charge in [-0.2, -0.15) is 8.78 Å². The molecule has 0 radical (unpaired) electrons. The monoisotopic (exact) mass is 489 g/mol. The molecule has 182 valence electrons. The second-order valence-corrected chi connectivity index (χ2v) is 9.38. The lowest BCUT2D eigenvalue weighted by Gasteiger charge is -2.62. The number of halogens is 4. The van der Waals surface area contributed by atoms with Crippen LogP contribution >= 0.6 is 11.6 Å². The number of hydrogen-bond donors (Lipinski definition) is 3. The minimum Gasteiger partial charge on any atom is -0.484 e. The number of nitrogens with one attached hydrogen (secondary N) is 3. The van der Waals surface area contributed by atoms with E-state index in [-0.39, 0.29) is 52.6 Å². The van der Waals surface area contributed by atoms with Gasteiger partial charge in [0.1, 0.15) is 11.6 Å². The van der Waals surface area contributed by atoms with Crippen LogP contribution in [-0.4, -0.2) is 55.8 Å². The zero-order chi connectivity index (χ0) is 23.6.